The molecule has 7 nitrogen and oxygen atoms in total. The molecule has 12 heavy (non-hydrogen) atoms. The van der Waals surface area contributed by atoms with E-state index in [1.165, 1.54) is 0 Å². The van der Waals surface area contributed by atoms with Gasteiger partial charge in [-0.2, -0.15) is 15.0 Å². The maximum Gasteiger partial charge on any atom is 0.252 e. The minimum atomic E-state index is -0.00148. The van der Waals surface area contributed by atoms with Crippen molar-refractivity contribution in [3.8, 4) is 0 Å². The Labute approximate surface area is 68.4 Å². The lowest BCUT2D eigenvalue weighted by Crippen LogP contribution is -2.07. The van der Waals surface area contributed by atoms with Gasteiger partial charge in [-0.25, -0.2) is 11.0 Å². The van der Waals surface area contributed by atoms with Crippen LogP contribution in [0.15, 0.2) is 0 Å². The Balaban J connectivity index is 3.01. The summed E-state index contributed by atoms with van der Waals surface area (Å²) in [6, 6.07) is 0. The van der Waals surface area contributed by atoms with E-state index in [-0.39, 0.29) is 11.9 Å². The predicted molar refractivity (Wildman–Crippen MR) is 40.0 cm³/mol. The van der Waals surface area contributed by atoms with E-state index in [0.717, 1.165) is 0 Å². The Bertz CT molecular complexity index is 211. The molecule has 1 aromatic heterocycles. The first-order valence-electron chi connectivity index (χ1n) is 3.35. The summed E-state index contributed by atoms with van der Waals surface area (Å²) in [6.45, 7) is 1.84. The highest BCUT2D eigenvalue weighted by molar-refractivity contribution is 5.30. The van der Waals surface area contributed by atoms with Crippen molar-refractivity contribution in [1.82, 2.24) is 15.0 Å². The van der Waals surface area contributed by atoms with E-state index in [0.29, 0.717) is 12.2 Å². The minimum absolute atomic E-state index is 0.00148. The van der Waals surface area contributed by atoms with Crippen molar-refractivity contribution in [3.63, 3.8) is 0 Å². The van der Waals surface area contributed by atoms with Crippen molar-refractivity contribution >= 4 is 11.9 Å². The molecule has 1 heterocycles. The van der Waals surface area contributed by atoms with Gasteiger partial charge in [0.2, 0.25) is 0 Å². The average molecular weight is 171 g/mol. The van der Waals surface area contributed by atoms with Crippen LogP contribution in [-0.4, -0.2) is 25.4 Å². The topological polar surface area (TPSA) is 103 Å². The van der Waals surface area contributed by atoms with E-state index < -0.39 is 0 Å². The van der Waals surface area contributed by atoms with E-state index in [2.05, 4.69) is 15.0 Å². The molecule has 0 aliphatic rings. The normalized spacial score (nSPS) is 9.58. The number of nitrogens with zero attached hydrogens (tertiary/aromatic N) is 3. The molecule has 4 N–H and O–H groups in total. The second-order valence-electron chi connectivity index (χ2n) is 1.98. The van der Waals surface area contributed by atoms with Crippen LogP contribution in [0.25, 0.3) is 0 Å². The molecule has 7 heteroatoms. The fraction of sp³-hybridized carbons (Fsp3) is 0.400. The van der Waals surface area contributed by atoms with Crippen LogP contribution in [0.5, 0.6) is 0 Å². The smallest absolute Gasteiger partial charge is 0.252 e. The zero-order valence-electron chi connectivity index (χ0n) is 6.44. The lowest BCUT2D eigenvalue weighted by molar-refractivity contribution is 0.374. The Morgan fingerprint density at radius 1 is 1.08 bits per heavy atom. The molecule has 66 valence electrons. The highest BCUT2D eigenvalue weighted by Crippen LogP contribution is 2.03. The Morgan fingerprint density at radius 2 is 1.58 bits per heavy atom. The lowest BCUT2D eigenvalue weighted by atomic mass is 10.5. The van der Waals surface area contributed by atoms with Crippen LogP contribution >= 0.6 is 0 Å². The summed E-state index contributed by atoms with van der Waals surface area (Å²) in [5.74, 6) is 0.468. The Morgan fingerprint density at radius 3 is 1.92 bits per heavy atom. The maximum absolute atomic E-state index is 8.47. The largest absolute Gasteiger partial charge is 0.288 e. The van der Waals surface area contributed by atoms with Crippen LogP contribution in [0.4, 0.5) is 11.9 Å². The lowest BCUT2D eigenvalue weighted by Gasteiger charge is -2.02. The van der Waals surface area contributed by atoms with Gasteiger partial charge < -0.3 is 0 Å². The van der Waals surface area contributed by atoms with Crippen molar-refractivity contribution < 1.29 is 10.4 Å². The molecule has 0 bridgehead atoms. The predicted octanol–water partition coefficient (Wildman–Crippen LogP) is 0.0362. The quantitative estimate of drug-likeness (QED) is 0.476. The third kappa shape index (κ3) is 1.77. The van der Waals surface area contributed by atoms with E-state index in [1.807, 2.05) is 6.92 Å². The highest BCUT2D eigenvalue weighted by atomic mass is 16.5. The first-order valence-corrected chi connectivity index (χ1v) is 3.35. The summed E-state index contributed by atoms with van der Waals surface area (Å²) in [5.41, 5.74) is 3.53. The molecule has 0 saturated heterocycles. The van der Waals surface area contributed by atoms with Crippen LogP contribution in [0.2, 0.25) is 0 Å². The maximum atomic E-state index is 8.47. The molecule has 1 rings (SSSR count). The minimum Gasteiger partial charge on any atom is -0.288 e. The van der Waals surface area contributed by atoms with Crippen molar-refractivity contribution in [2.75, 3.05) is 11.0 Å². The molecule has 0 atom stereocenters. The molecule has 0 fully saturated rings. The molecular weight excluding hydrogens is 162 g/mol. The molecule has 0 aliphatic heterocycles. The summed E-state index contributed by atoms with van der Waals surface area (Å²) in [5, 5.41) is 16.9. The molecule has 1 aromatic rings. The van der Waals surface area contributed by atoms with Gasteiger partial charge in [0.1, 0.15) is 5.82 Å². The summed E-state index contributed by atoms with van der Waals surface area (Å²) in [7, 11) is 0. The van der Waals surface area contributed by atoms with E-state index in [4.69, 9.17) is 10.4 Å². The molecule has 0 amide bonds. The van der Waals surface area contributed by atoms with Gasteiger partial charge in [-0.3, -0.25) is 10.4 Å². The van der Waals surface area contributed by atoms with E-state index in [1.54, 1.807) is 11.0 Å². The summed E-state index contributed by atoms with van der Waals surface area (Å²) in [4.78, 5) is 11.1. The van der Waals surface area contributed by atoms with E-state index >= 15 is 0 Å². The number of hydrogen-bond donors (Lipinski definition) is 4. The van der Waals surface area contributed by atoms with Crippen molar-refractivity contribution in [2.24, 2.45) is 0 Å². The first kappa shape index (κ1) is 8.62. The van der Waals surface area contributed by atoms with E-state index in [9.17, 15) is 0 Å². The first-order chi connectivity index (χ1) is 5.80. The number of anilines is 2. The summed E-state index contributed by atoms with van der Waals surface area (Å²) in [6.07, 6.45) is 0.589. The van der Waals surface area contributed by atoms with Crippen molar-refractivity contribution in [3.05, 3.63) is 5.82 Å². The highest BCUT2D eigenvalue weighted by Gasteiger charge is 2.02. The van der Waals surface area contributed by atoms with Gasteiger partial charge >= 0.3 is 0 Å². The van der Waals surface area contributed by atoms with Gasteiger partial charge in [-0.15, -0.1) is 0 Å². The molecule has 0 unspecified atom stereocenters. The summed E-state index contributed by atoms with van der Waals surface area (Å²) < 4.78 is 0. The van der Waals surface area contributed by atoms with Gasteiger partial charge in [0.25, 0.3) is 11.9 Å². The molecule has 0 aromatic carbocycles. The molecule has 0 radical (unpaired) electrons. The Hall–Kier alpha value is -1.47. The number of hydrogen-bond acceptors (Lipinski definition) is 7. The molecule has 0 aliphatic carbocycles. The van der Waals surface area contributed by atoms with Gasteiger partial charge in [-0.05, 0) is 0 Å². The Kier molecular flexibility index (Phi) is 2.72. The second-order valence-corrected chi connectivity index (χ2v) is 1.98. The zero-order valence-corrected chi connectivity index (χ0v) is 6.44. The van der Waals surface area contributed by atoms with Crippen molar-refractivity contribution in [1.29, 1.82) is 0 Å². The van der Waals surface area contributed by atoms with Crippen molar-refractivity contribution in [2.45, 2.75) is 13.3 Å². The van der Waals surface area contributed by atoms with Gasteiger partial charge in [0, 0.05) is 6.42 Å². The monoisotopic (exact) mass is 171 g/mol. The third-order valence-electron chi connectivity index (χ3n) is 1.20. The van der Waals surface area contributed by atoms with Crippen LogP contribution in [0.1, 0.15) is 12.7 Å². The number of aryl methyl sites for hydroxylation is 1. The van der Waals surface area contributed by atoms with Crippen LogP contribution in [0.3, 0.4) is 0 Å². The second kappa shape index (κ2) is 3.79. The van der Waals surface area contributed by atoms with Gasteiger partial charge in [0.05, 0.1) is 0 Å². The SMILES string of the molecule is CCc1nc(NO)nc(NO)n1. The van der Waals surface area contributed by atoms with Crippen LogP contribution < -0.4 is 11.0 Å². The standard InChI is InChI=1S/C5H9N5O2/c1-2-3-6-4(9-11)8-5(7-3)10-12/h11-12H,2H2,1H3,(H2,6,7,8,9,10). The molecular formula is C5H9N5O2. The number of nitrogens with one attached hydrogen (secondary N) is 2. The van der Waals surface area contributed by atoms with Crippen LogP contribution in [0, 0.1) is 0 Å². The fourth-order valence-electron chi connectivity index (χ4n) is 0.678. The average Bonchev–Trinajstić information content (AvgIpc) is 2.16. The van der Waals surface area contributed by atoms with Gasteiger partial charge in [0.15, 0.2) is 0 Å². The number of aromatic nitrogens is 3. The fourth-order valence-corrected chi connectivity index (χ4v) is 0.678. The number of rotatable bonds is 3. The van der Waals surface area contributed by atoms with Crippen LogP contribution in [-0.2, 0) is 6.42 Å². The zero-order chi connectivity index (χ0) is 8.97. The molecule has 0 saturated carbocycles. The summed E-state index contributed by atoms with van der Waals surface area (Å²) >= 11 is 0. The third-order valence-corrected chi connectivity index (χ3v) is 1.20. The van der Waals surface area contributed by atoms with Gasteiger partial charge in [-0.1, -0.05) is 6.92 Å². The molecule has 0 spiro atoms.